The Morgan fingerprint density at radius 1 is 1.09 bits per heavy atom. The van der Waals surface area contributed by atoms with Crippen molar-refractivity contribution in [1.82, 2.24) is 4.90 Å². The SMILES string of the molecule is NCCN(Cc1ccc(CP(=O)(O)O)cc1)Cc1cccs1. The van der Waals surface area contributed by atoms with Crippen LogP contribution in [0.2, 0.25) is 0 Å². The van der Waals surface area contributed by atoms with Crippen LogP contribution < -0.4 is 5.73 Å². The first kappa shape index (κ1) is 17.3. The minimum absolute atomic E-state index is 0.213. The molecular weight excluding hydrogens is 319 g/mol. The highest BCUT2D eigenvalue weighted by Crippen LogP contribution is 2.38. The molecule has 0 aliphatic rings. The van der Waals surface area contributed by atoms with Gasteiger partial charge in [0, 0.05) is 31.1 Å². The van der Waals surface area contributed by atoms with Gasteiger partial charge in [0.15, 0.2) is 0 Å². The van der Waals surface area contributed by atoms with Crippen LogP contribution >= 0.6 is 18.9 Å². The van der Waals surface area contributed by atoms with Crippen LogP contribution in [0.15, 0.2) is 41.8 Å². The van der Waals surface area contributed by atoms with Crippen LogP contribution in [0, 0.1) is 0 Å². The molecule has 0 aliphatic heterocycles. The van der Waals surface area contributed by atoms with Gasteiger partial charge in [0.1, 0.15) is 0 Å². The van der Waals surface area contributed by atoms with Crippen molar-refractivity contribution in [2.75, 3.05) is 13.1 Å². The van der Waals surface area contributed by atoms with Gasteiger partial charge in [-0.1, -0.05) is 30.3 Å². The van der Waals surface area contributed by atoms with E-state index in [-0.39, 0.29) is 6.16 Å². The van der Waals surface area contributed by atoms with Gasteiger partial charge >= 0.3 is 7.60 Å². The van der Waals surface area contributed by atoms with E-state index in [1.54, 1.807) is 23.5 Å². The third-order valence-electron chi connectivity index (χ3n) is 3.22. The number of nitrogens with zero attached hydrogens (tertiary/aromatic N) is 1. The Morgan fingerprint density at radius 2 is 1.77 bits per heavy atom. The second-order valence-corrected chi connectivity index (χ2v) is 7.90. The summed E-state index contributed by atoms with van der Waals surface area (Å²) in [5, 5.41) is 2.06. The lowest BCUT2D eigenvalue weighted by atomic mass is 10.1. The molecular formula is C15H21N2O3PS. The van der Waals surface area contributed by atoms with E-state index in [4.69, 9.17) is 15.5 Å². The molecule has 0 spiro atoms. The average molecular weight is 340 g/mol. The molecule has 1 aromatic heterocycles. The maximum absolute atomic E-state index is 11.0. The van der Waals surface area contributed by atoms with Crippen molar-refractivity contribution in [2.45, 2.75) is 19.3 Å². The predicted molar refractivity (Wildman–Crippen MR) is 89.7 cm³/mol. The molecule has 0 saturated carbocycles. The lowest BCUT2D eigenvalue weighted by Gasteiger charge is -2.21. The molecule has 0 fully saturated rings. The van der Waals surface area contributed by atoms with Gasteiger partial charge in [-0.15, -0.1) is 11.3 Å². The molecule has 5 nitrogen and oxygen atoms in total. The van der Waals surface area contributed by atoms with Crippen molar-refractivity contribution in [3.8, 4) is 0 Å². The number of hydrogen-bond acceptors (Lipinski definition) is 4. The first-order valence-corrected chi connectivity index (χ1v) is 9.71. The zero-order valence-corrected chi connectivity index (χ0v) is 14.0. The minimum atomic E-state index is -4.01. The fourth-order valence-corrected chi connectivity index (χ4v) is 3.70. The van der Waals surface area contributed by atoms with Crippen LogP contribution in [0.1, 0.15) is 16.0 Å². The molecule has 120 valence electrons. The highest BCUT2D eigenvalue weighted by atomic mass is 32.1. The molecule has 0 amide bonds. The molecule has 2 aromatic rings. The first-order chi connectivity index (χ1) is 10.5. The molecule has 1 aromatic carbocycles. The second-order valence-electron chi connectivity index (χ2n) is 5.22. The van der Waals surface area contributed by atoms with Gasteiger partial charge in [-0.2, -0.15) is 0 Å². The van der Waals surface area contributed by atoms with Crippen LogP contribution in [0.3, 0.4) is 0 Å². The Morgan fingerprint density at radius 3 is 2.32 bits per heavy atom. The number of thiophene rings is 1. The zero-order valence-electron chi connectivity index (χ0n) is 12.3. The van der Waals surface area contributed by atoms with E-state index in [9.17, 15) is 4.57 Å². The smallest absolute Gasteiger partial charge is 0.329 e. The first-order valence-electron chi connectivity index (χ1n) is 7.03. The van der Waals surface area contributed by atoms with Crippen LogP contribution in [0.4, 0.5) is 0 Å². The molecule has 7 heteroatoms. The van der Waals surface area contributed by atoms with Gasteiger partial charge in [0.2, 0.25) is 0 Å². The Kier molecular flexibility index (Phi) is 6.32. The fraction of sp³-hybridized carbons (Fsp3) is 0.333. The number of hydrogen-bond donors (Lipinski definition) is 3. The third-order valence-corrected chi connectivity index (χ3v) is 4.86. The number of rotatable bonds is 8. The van der Waals surface area contributed by atoms with E-state index in [0.29, 0.717) is 12.1 Å². The average Bonchev–Trinajstić information content (AvgIpc) is 2.92. The van der Waals surface area contributed by atoms with E-state index < -0.39 is 7.60 Å². The Bertz CT molecular complexity index is 610. The van der Waals surface area contributed by atoms with Gasteiger partial charge in [-0.05, 0) is 22.6 Å². The van der Waals surface area contributed by atoms with E-state index in [1.165, 1.54) is 4.88 Å². The number of nitrogens with two attached hydrogens (primary N) is 1. The minimum Gasteiger partial charge on any atom is -0.329 e. The van der Waals surface area contributed by atoms with Crippen LogP contribution in [0.25, 0.3) is 0 Å². The molecule has 2 rings (SSSR count). The normalized spacial score (nSPS) is 12.0. The summed E-state index contributed by atoms with van der Waals surface area (Å²) in [4.78, 5) is 21.5. The quantitative estimate of drug-likeness (QED) is 0.642. The maximum atomic E-state index is 11.0. The van der Waals surface area contributed by atoms with Crippen molar-refractivity contribution in [3.05, 3.63) is 57.8 Å². The van der Waals surface area contributed by atoms with Gasteiger partial charge in [-0.3, -0.25) is 9.46 Å². The van der Waals surface area contributed by atoms with Crippen LogP contribution in [-0.2, 0) is 23.8 Å². The summed E-state index contributed by atoms with van der Waals surface area (Å²) in [5.41, 5.74) is 7.44. The molecule has 1 heterocycles. The third kappa shape index (κ3) is 6.01. The van der Waals surface area contributed by atoms with E-state index in [0.717, 1.165) is 25.2 Å². The topological polar surface area (TPSA) is 86.8 Å². The molecule has 0 unspecified atom stereocenters. The summed E-state index contributed by atoms with van der Waals surface area (Å²) >= 11 is 1.73. The monoisotopic (exact) mass is 340 g/mol. The summed E-state index contributed by atoms with van der Waals surface area (Å²) in [7, 11) is -4.01. The molecule has 0 saturated heterocycles. The highest BCUT2D eigenvalue weighted by Gasteiger charge is 2.14. The Hall–Kier alpha value is -1.01. The largest absolute Gasteiger partial charge is 0.329 e. The Labute approximate surface area is 134 Å². The van der Waals surface area contributed by atoms with Crippen molar-refractivity contribution < 1.29 is 14.4 Å². The summed E-state index contributed by atoms with van der Waals surface area (Å²) in [6.45, 7) is 3.04. The molecule has 0 aliphatic carbocycles. The van der Waals surface area contributed by atoms with Crippen molar-refractivity contribution >= 4 is 18.9 Å². The summed E-state index contributed by atoms with van der Waals surface area (Å²) in [5.74, 6) is 0. The van der Waals surface area contributed by atoms with Crippen molar-refractivity contribution in [1.29, 1.82) is 0 Å². The molecule has 4 N–H and O–H groups in total. The van der Waals surface area contributed by atoms with E-state index in [2.05, 4.69) is 16.3 Å². The lowest BCUT2D eigenvalue weighted by Crippen LogP contribution is -2.28. The molecule has 22 heavy (non-hydrogen) atoms. The van der Waals surface area contributed by atoms with E-state index >= 15 is 0 Å². The van der Waals surface area contributed by atoms with Crippen molar-refractivity contribution in [2.24, 2.45) is 5.73 Å². The zero-order chi connectivity index (χ0) is 16.0. The molecule has 0 atom stereocenters. The van der Waals surface area contributed by atoms with Gasteiger partial charge in [-0.25, -0.2) is 0 Å². The number of benzene rings is 1. The van der Waals surface area contributed by atoms with Gasteiger partial charge < -0.3 is 15.5 Å². The highest BCUT2D eigenvalue weighted by molar-refractivity contribution is 7.50. The van der Waals surface area contributed by atoms with Crippen molar-refractivity contribution in [3.63, 3.8) is 0 Å². The summed E-state index contributed by atoms with van der Waals surface area (Å²) in [6.07, 6.45) is -0.213. The van der Waals surface area contributed by atoms with Crippen LogP contribution in [-0.4, -0.2) is 27.8 Å². The maximum Gasteiger partial charge on any atom is 0.329 e. The summed E-state index contributed by atoms with van der Waals surface area (Å²) < 4.78 is 11.0. The molecule has 0 radical (unpaired) electrons. The predicted octanol–water partition coefficient (Wildman–Crippen LogP) is 2.39. The second kappa shape index (κ2) is 8.02. The molecule has 0 bridgehead atoms. The van der Waals surface area contributed by atoms with Gasteiger partial charge in [0.05, 0.1) is 6.16 Å². The lowest BCUT2D eigenvalue weighted by molar-refractivity contribution is 0.267. The van der Waals surface area contributed by atoms with Crippen LogP contribution in [0.5, 0.6) is 0 Å². The van der Waals surface area contributed by atoms with E-state index in [1.807, 2.05) is 18.2 Å². The standard InChI is InChI=1S/C15H21N2O3PS/c16-7-8-17(11-15-2-1-9-22-15)10-13-3-5-14(6-4-13)12-21(18,19)20/h1-6,9H,7-8,10-12,16H2,(H2,18,19,20). The fourth-order valence-electron chi connectivity index (χ4n) is 2.27. The van der Waals surface area contributed by atoms with Gasteiger partial charge in [0.25, 0.3) is 0 Å². The Balaban J connectivity index is 1.98. The summed E-state index contributed by atoms with van der Waals surface area (Å²) in [6, 6.07) is 11.5.